The molecule has 0 saturated heterocycles. The van der Waals surface area contributed by atoms with Crippen molar-refractivity contribution >= 4 is 5.91 Å². The van der Waals surface area contributed by atoms with E-state index in [4.69, 9.17) is 0 Å². The van der Waals surface area contributed by atoms with E-state index in [1.165, 1.54) is 19.3 Å². The predicted octanol–water partition coefficient (Wildman–Crippen LogP) is 1.76. The molecule has 4 heteroatoms. The normalized spacial score (nSPS) is 18.5. The van der Waals surface area contributed by atoms with Crippen LogP contribution in [0.1, 0.15) is 51.4 Å². The smallest absolute Gasteiger partial charge is 0.221 e. The summed E-state index contributed by atoms with van der Waals surface area (Å²) in [6.07, 6.45) is 8.93. The maximum Gasteiger partial charge on any atom is 0.221 e. The van der Waals surface area contributed by atoms with Gasteiger partial charge in [0.1, 0.15) is 0 Å². The highest BCUT2D eigenvalue weighted by Gasteiger charge is 2.32. The van der Waals surface area contributed by atoms with Crippen LogP contribution in [0.15, 0.2) is 0 Å². The van der Waals surface area contributed by atoms with Gasteiger partial charge in [-0.3, -0.25) is 4.79 Å². The van der Waals surface area contributed by atoms with Crippen molar-refractivity contribution in [3.8, 4) is 0 Å². The van der Waals surface area contributed by atoms with E-state index in [0.717, 1.165) is 38.8 Å². The summed E-state index contributed by atoms with van der Waals surface area (Å²) in [4.78, 5) is 14.2. The van der Waals surface area contributed by atoms with Crippen LogP contribution in [0.2, 0.25) is 0 Å². The summed E-state index contributed by atoms with van der Waals surface area (Å²) in [5.74, 6) is 0.209. The lowest BCUT2D eigenvalue weighted by molar-refractivity contribution is -0.122. The third-order valence-corrected chi connectivity index (χ3v) is 4.19. The SMILES string of the molecule is CNC1(CC(=O)NCCCCN(C)C)CCCCC1. The van der Waals surface area contributed by atoms with Crippen LogP contribution in [-0.2, 0) is 4.79 Å². The molecule has 4 nitrogen and oxygen atoms in total. The van der Waals surface area contributed by atoms with Gasteiger partial charge in [0, 0.05) is 18.5 Å². The van der Waals surface area contributed by atoms with E-state index in [1.54, 1.807) is 0 Å². The molecule has 0 atom stereocenters. The maximum absolute atomic E-state index is 12.0. The molecule has 0 aromatic carbocycles. The highest BCUT2D eigenvalue weighted by molar-refractivity contribution is 5.77. The Balaban J connectivity index is 2.18. The van der Waals surface area contributed by atoms with Crippen molar-refractivity contribution in [2.24, 2.45) is 0 Å². The zero-order valence-electron chi connectivity index (χ0n) is 12.9. The van der Waals surface area contributed by atoms with Crippen molar-refractivity contribution in [2.45, 2.75) is 56.9 Å². The minimum absolute atomic E-state index is 0.0615. The Hall–Kier alpha value is -0.610. The third-order valence-electron chi connectivity index (χ3n) is 4.19. The number of rotatable bonds is 8. The lowest BCUT2D eigenvalue weighted by Crippen LogP contribution is -2.48. The number of hydrogen-bond donors (Lipinski definition) is 2. The molecular weight excluding hydrogens is 238 g/mol. The Morgan fingerprint density at radius 1 is 1.16 bits per heavy atom. The molecule has 2 N–H and O–H groups in total. The summed E-state index contributed by atoms with van der Waals surface area (Å²) in [5.41, 5.74) is 0.0615. The second kappa shape index (κ2) is 8.54. The molecule has 1 aliphatic rings. The first-order chi connectivity index (χ1) is 9.08. The van der Waals surface area contributed by atoms with Gasteiger partial charge in [-0.25, -0.2) is 0 Å². The fourth-order valence-corrected chi connectivity index (χ4v) is 2.89. The van der Waals surface area contributed by atoms with Gasteiger partial charge in [0.05, 0.1) is 0 Å². The molecule has 0 radical (unpaired) electrons. The molecule has 0 unspecified atom stereocenters. The zero-order chi connectivity index (χ0) is 14.1. The topological polar surface area (TPSA) is 44.4 Å². The highest BCUT2D eigenvalue weighted by atomic mass is 16.1. The Kier molecular flexibility index (Phi) is 7.39. The number of carbonyl (C=O) groups is 1. The quantitative estimate of drug-likeness (QED) is 0.660. The highest BCUT2D eigenvalue weighted by Crippen LogP contribution is 2.30. The largest absolute Gasteiger partial charge is 0.356 e. The van der Waals surface area contributed by atoms with E-state index >= 15 is 0 Å². The fraction of sp³-hybridized carbons (Fsp3) is 0.933. The van der Waals surface area contributed by atoms with Gasteiger partial charge in [0.25, 0.3) is 0 Å². The van der Waals surface area contributed by atoms with Gasteiger partial charge in [-0.2, -0.15) is 0 Å². The molecule has 0 spiro atoms. The van der Waals surface area contributed by atoms with Gasteiger partial charge in [-0.05, 0) is 53.4 Å². The molecule has 19 heavy (non-hydrogen) atoms. The molecule has 1 fully saturated rings. The van der Waals surface area contributed by atoms with Gasteiger partial charge >= 0.3 is 0 Å². The zero-order valence-corrected chi connectivity index (χ0v) is 12.9. The second-order valence-corrected chi connectivity index (χ2v) is 6.13. The Morgan fingerprint density at radius 2 is 1.84 bits per heavy atom. The number of unbranched alkanes of at least 4 members (excludes halogenated alkanes) is 1. The van der Waals surface area contributed by atoms with E-state index < -0.39 is 0 Å². The Labute approximate surface area is 118 Å². The van der Waals surface area contributed by atoms with Crippen LogP contribution in [-0.4, -0.2) is 50.6 Å². The molecule has 0 bridgehead atoms. The van der Waals surface area contributed by atoms with Crippen molar-refractivity contribution in [3.63, 3.8) is 0 Å². The molecule has 1 rings (SSSR count). The van der Waals surface area contributed by atoms with E-state index in [9.17, 15) is 4.79 Å². The van der Waals surface area contributed by atoms with E-state index in [0.29, 0.717) is 6.42 Å². The molecule has 0 aliphatic heterocycles. The minimum atomic E-state index is 0.0615. The summed E-state index contributed by atoms with van der Waals surface area (Å²) >= 11 is 0. The number of carbonyl (C=O) groups excluding carboxylic acids is 1. The Bertz CT molecular complexity index is 260. The second-order valence-electron chi connectivity index (χ2n) is 6.13. The molecule has 0 heterocycles. The van der Waals surface area contributed by atoms with Crippen LogP contribution in [0.5, 0.6) is 0 Å². The average Bonchev–Trinajstić information content (AvgIpc) is 2.39. The summed E-state index contributed by atoms with van der Waals surface area (Å²) in [5, 5.41) is 6.46. The number of nitrogens with zero attached hydrogens (tertiary/aromatic N) is 1. The van der Waals surface area contributed by atoms with Crippen LogP contribution in [0.25, 0.3) is 0 Å². The molecule has 0 aromatic rings. The molecular formula is C15H31N3O. The maximum atomic E-state index is 12.0. The van der Waals surface area contributed by atoms with Crippen LogP contribution in [0, 0.1) is 0 Å². The first kappa shape index (κ1) is 16.4. The van der Waals surface area contributed by atoms with Gasteiger partial charge in [-0.15, -0.1) is 0 Å². The number of hydrogen-bond acceptors (Lipinski definition) is 3. The van der Waals surface area contributed by atoms with Crippen LogP contribution >= 0.6 is 0 Å². The monoisotopic (exact) mass is 269 g/mol. The summed E-state index contributed by atoms with van der Waals surface area (Å²) in [6.45, 7) is 1.91. The van der Waals surface area contributed by atoms with E-state index in [1.807, 2.05) is 7.05 Å². The minimum Gasteiger partial charge on any atom is -0.356 e. The van der Waals surface area contributed by atoms with Gasteiger partial charge in [0.2, 0.25) is 5.91 Å². The summed E-state index contributed by atoms with van der Waals surface area (Å²) in [6, 6.07) is 0. The van der Waals surface area contributed by atoms with Crippen molar-refractivity contribution in [3.05, 3.63) is 0 Å². The van der Waals surface area contributed by atoms with Crippen LogP contribution < -0.4 is 10.6 Å². The van der Waals surface area contributed by atoms with Crippen LogP contribution in [0.3, 0.4) is 0 Å². The number of nitrogens with one attached hydrogen (secondary N) is 2. The number of amides is 1. The van der Waals surface area contributed by atoms with Gasteiger partial charge in [0.15, 0.2) is 0 Å². The van der Waals surface area contributed by atoms with Gasteiger partial charge in [-0.1, -0.05) is 19.3 Å². The Morgan fingerprint density at radius 3 is 2.42 bits per heavy atom. The third kappa shape index (κ3) is 6.39. The lowest BCUT2D eigenvalue weighted by Gasteiger charge is -2.36. The first-order valence-corrected chi connectivity index (χ1v) is 7.68. The van der Waals surface area contributed by atoms with Crippen molar-refractivity contribution in [2.75, 3.05) is 34.2 Å². The molecule has 1 saturated carbocycles. The molecule has 1 amide bonds. The fourth-order valence-electron chi connectivity index (χ4n) is 2.89. The lowest BCUT2D eigenvalue weighted by atomic mass is 9.79. The first-order valence-electron chi connectivity index (χ1n) is 7.68. The van der Waals surface area contributed by atoms with Gasteiger partial charge < -0.3 is 15.5 Å². The van der Waals surface area contributed by atoms with Crippen molar-refractivity contribution < 1.29 is 4.79 Å². The standard InChI is InChI=1S/C15H31N3O/c1-16-15(9-5-4-6-10-15)13-14(19)17-11-7-8-12-18(2)3/h16H,4-13H2,1-3H3,(H,17,19). The molecule has 0 aromatic heterocycles. The average molecular weight is 269 g/mol. The summed E-state index contributed by atoms with van der Waals surface area (Å²) < 4.78 is 0. The molecule has 112 valence electrons. The van der Waals surface area contributed by atoms with Crippen molar-refractivity contribution in [1.29, 1.82) is 0 Å². The van der Waals surface area contributed by atoms with E-state index in [-0.39, 0.29) is 11.4 Å². The predicted molar refractivity (Wildman–Crippen MR) is 80.3 cm³/mol. The molecule has 1 aliphatic carbocycles. The van der Waals surface area contributed by atoms with Crippen LogP contribution in [0.4, 0.5) is 0 Å². The van der Waals surface area contributed by atoms with Crippen molar-refractivity contribution in [1.82, 2.24) is 15.5 Å². The van der Waals surface area contributed by atoms with E-state index in [2.05, 4.69) is 29.6 Å². The summed E-state index contributed by atoms with van der Waals surface area (Å²) in [7, 11) is 6.16.